The highest BCUT2D eigenvalue weighted by Gasteiger charge is 2.27. The van der Waals surface area contributed by atoms with Crippen molar-refractivity contribution in [3.63, 3.8) is 0 Å². The monoisotopic (exact) mass is 357 g/mol. The first kappa shape index (κ1) is 15.4. The minimum atomic E-state index is 0.141. The zero-order valence-electron chi connectivity index (χ0n) is 14.0. The fourth-order valence-electron chi connectivity index (χ4n) is 3.62. The van der Waals surface area contributed by atoms with Crippen LogP contribution in [-0.4, -0.2) is 15.3 Å². The number of imidazole rings is 1. The standard InChI is InChI=1S/C22H16ClN3/c23-17-12-10-16(11-13-17)21-14-19(15-6-2-1-3-7-15)25-22-24-18-8-4-5-9-20(18)26(21)22/h1-13,21H,14H2. The SMILES string of the molecule is Clc1ccc(C2CC(c3ccccc3)=Nc3nc4ccccc4n32)cc1. The van der Waals surface area contributed by atoms with Gasteiger partial charge in [0.05, 0.1) is 22.8 Å². The van der Waals surface area contributed by atoms with E-state index in [4.69, 9.17) is 21.6 Å². The summed E-state index contributed by atoms with van der Waals surface area (Å²) >= 11 is 6.11. The van der Waals surface area contributed by atoms with E-state index in [9.17, 15) is 0 Å². The minimum Gasteiger partial charge on any atom is -0.300 e. The van der Waals surface area contributed by atoms with Crippen LogP contribution in [0.25, 0.3) is 11.0 Å². The van der Waals surface area contributed by atoms with Gasteiger partial charge in [0.1, 0.15) is 0 Å². The Morgan fingerprint density at radius 1 is 0.846 bits per heavy atom. The van der Waals surface area contributed by atoms with Gasteiger partial charge in [-0.05, 0) is 35.4 Å². The quantitative estimate of drug-likeness (QED) is 0.445. The van der Waals surface area contributed by atoms with Crippen LogP contribution in [-0.2, 0) is 0 Å². The largest absolute Gasteiger partial charge is 0.300 e. The van der Waals surface area contributed by atoms with Gasteiger partial charge < -0.3 is 4.57 Å². The molecule has 1 aromatic heterocycles. The zero-order chi connectivity index (χ0) is 17.5. The van der Waals surface area contributed by atoms with Crippen LogP contribution in [0, 0.1) is 0 Å². The summed E-state index contributed by atoms with van der Waals surface area (Å²) in [4.78, 5) is 9.66. The van der Waals surface area contributed by atoms with Crippen molar-refractivity contribution in [3.05, 3.63) is 95.0 Å². The fraction of sp³-hybridized carbons (Fsp3) is 0.0909. The molecule has 1 atom stereocenters. The molecule has 4 heteroatoms. The maximum Gasteiger partial charge on any atom is 0.231 e. The van der Waals surface area contributed by atoms with Gasteiger partial charge >= 0.3 is 0 Å². The molecular weight excluding hydrogens is 342 g/mol. The maximum absolute atomic E-state index is 6.11. The van der Waals surface area contributed by atoms with Crippen molar-refractivity contribution in [1.82, 2.24) is 9.55 Å². The summed E-state index contributed by atoms with van der Waals surface area (Å²) in [7, 11) is 0. The Morgan fingerprint density at radius 2 is 1.58 bits per heavy atom. The Bertz CT molecular complexity index is 1110. The molecule has 5 rings (SSSR count). The van der Waals surface area contributed by atoms with E-state index < -0.39 is 0 Å². The third-order valence-corrected chi connectivity index (χ3v) is 5.12. The van der Waals surface area contributed by atoms with Gasteiger partial charge in [0.25, 0.3) is 0 Å². The van der Waals surface area contributed by atoms with Gasteiger partial charge in [0, 0.05) is 11.4 Å². The second kappa shape index (κ2) is 6.11. The van der Waals surface area contributed by atoms with Crippen LogP contribution < -0.4 is 0 Å². The van der Waals surface area contributed by atoms with Gasteiger partial charge in [-0.3, -0.25) is 0 Å². The van der Waals surface area contributed by atoms with Crippen LogP contribution in [0.15, 0.2) is 83.9 Å². The number of nitrogens with zero attached hydrogens (tertiary/aromatic N) is 3. The van der Waals surface area contributed by atoms with Gasteiger partial charge in [0.2, 0.25) is 5.95 Å². The van der Waals surface area contributed by atoms with Crippen LogP contribution in [0.5, 0.6) is 0 Å². The van der Waals surface area contributed by atoms with Crippen LogP contribution >= 0.6 is 11.6 Å². The number of rotatable bonds is 2. The van der Waals surface area contributed by atoms with Crippen LogP contribution in [0.2, 0.25) is 5.02 Å². The van der Waals surface area contributed by atoms with E-state index in [1.165, 1.54) is 5.56 Å². The van der Waals surface area contributed by atoms with Crippen molar-refractivity contribution >= 4 is 34.3 Å². The zero-order valence-corrected chi connectivity index (χ0v) is 14.8. The third-order valence-electron chi connectivity index (χ3n) is 4.87. The minimum absolute atomic E-state index is 0.141. The second-order valence-electron chi connectivity index (χ2n) is 6.47. The predicted octanol–water partition coefficient (Wildman–Crippen LogP) is 5.80. The molecule has 1 aliphatic rings. The average molecular weight is 358 g/mol. The number of benzene rings is 3. The lowest BCUT2D eigenvalue weighted by Gasteiger charge is -2.26. The molecule has 1 unspecified atom stereocenters. The fourth-order valence-corrected chi connectivity index (χ4v) is 3.75. The second-order valence-corrected chi connectivity index (χ2v) is 6.90. The molecule has 0 fully saturated rings. The molecule has 3 nitrogen and oxygen atoms in total. The van der Waals surface area contributed by atoms with E-state index in [1.54, 1.807) is 0 Å². The number of aliphatic imine (C=N–C) groups is 1. The van der Waals surface area contributed by atoms with Gasteiger partial charge in [-0.1, -0.05) is 66.2 Å². The van der Waals surface area contributed by atoms with Gasteiger partial charge in [-0.15, -0.1) is 0 Å². The summed E-state index contributed by atoms with van der Waals surface area (Å²) in [6.07, 6.45) is 0.818. The molecule has 0 saturated heterocycles. The summed E-state index contributed by atoms with van der Waals surface area (Å²) in [6, 6.07) is 26.8. The smallest absolute Gasteiger partial charge is 0.231 e. The Morgan fingerprint density at radius 3 is 2.38 bits per heavy atom. The highest BCUT2D eigenvalue weighted by atomic mass is 35.5. The molecule has 1 aliphatic heterocycles. The number of hydrogen-bond donors (Lipinski definition) is 0. The molecule has 26 heavy (non-hydrogen) atoms. The highest BCUT2D eigenvalue weighted by molar-refractivity contribution is 6.30. The molecule has 0 radical (unpaired) electrons. The summed E-state index contributed by atoms with van der Waals surface area (Å²) in [5.41, 5.74) is 5.50. The predicted molar refractivity (Wildman–Crippen MR) is 107 cm³/mol. The Labute approximate surface area is 156 Å². The molecule has 3 aromatic carbocycles. The summed E-state index contributed by atoms with van der Waals surface area (Å²) in [5, 5.41) is 0.747. The molecule has 2 heterocycles. The Hall–Kier alpha value is -2.91. The normalized spacial score (nSPS) is 16.3. The summed E-state index contributed by atoms with van der Waals surface area (Å²) in [5.74, 6) is 0.760. The van der Waals surface area contributed by atoms with E-state index in [-0.39, 0.29) is 6.04 Å². The number of fused-ring (bicyclic) bond motifs is 3. The lowest BCUT2D eigenvalue weighted by Crippen LogP contribution is -2.20. The molecule has 0 N–H and O–H groups in total. The number of halogens is 1. The number of para-hydroxylation sites is 2. The molecule has 126 valence electrons. The molecule has 0 amide bonds. The van der Waals surface area contributed by atoms with E-state index >= 15 is 0 Å². The van der Waals surface area contributed by atoms with Gasteiger partial charge in [-0.25, -0.2) is 9.98 Å². The first-order valence-corrected chi connectivity index (χ1v) is 9.03. The van der Waals surface area contributed by atoms with Gasteiger partial charge in [-0.2, -0.15) is 0 Å². The maximum atomic E-state index is 6.11. The first-order valence-electron chi connectivity index (χ1n) is 8.65. The van der Waals surface area contributed by atoms with Crippen LogP contribution in [0.3, 0.4) is 0 Å². The molecule has 4 aromatic rings. The molecule has 0 bridgehead atoms. The van der Waals surface area contributed by atoms with Gasteiger partial charge in [0.15, 0.2) is 0 Å². The molecule has 0 aliphatic carbocycles. The van der Waals surface area contributed by atoms with E-state index in [1.807, 2.05) is 48.5 Å². The van der Waals surface area contributed by atoms with Crippen molar-refractivity contribution in [2.75, 3.05) is 0 Å². The van der Waals surface area contributed by atoms with Crippen molar-refractivity contribution in [3.8, 4) is 0 Å². The lowest BCUT2D eigenvalue weighted by atomic mass is 9.95. The molecule has 0 spiro atoms. The van der Waals surface area contributed by atoms with Crippen molar-refractivity contribution < 1.29 is 0 Å². The first-order chi connectivity index (χ1) is 12.8. The average Bonchev–Trinajstić information content (AvgIpc) is 3.07. The van der Waals surface area contributed by atoms with E-state index in [2.05, 4.69) is 34.9 Å². The molecule has 0 saturated carbocycles. The van der Waals surface area contributed by atoms with Crippen LogP contribution in [0.4, 0.5) is 5.95 Å². The Kier molecular flexibility index (Phi) is 3.61. The van der Waals surface area contributed by atoms with Crippen molar-refractivity contribution in [1.29, 1.82) is 0 Å². The number of aromatic nitrogens is 2. The topological polar surface area (TPSA) is 30.2 Å². The van der Waals surface area contributed by atoms with Crippen molar-refractivity contribution in [2.45, 2.75) is 12.5 Å². The van der Waals surface area contributed by atoms with Crippen molar-refractivity contribution in [2.24, 2.45) is 4.99 Å². The summed E-state index contributed by atoms with van der Waals surface area (Å²) in [6.45, 7) is 0. The Balaban J connectivity index is 1.73. The third kappa shape index (κ3) is 2.52. The lowest BCUT2D eigenvalue weighted by molar-refractivity contribution is 0.612. The van der Waals surface area contributed by atoms with Crippen LogP contribution in [0.1, 0.15) is 23.6 Å². The van der Waals surface area contributed by atoms with E-state index in [0.717, 1.165) is 39.7 Å². The highest BCUT2D eigenvalue weighted by Crippen LogP contribution is 2.37. The molecular formula is C22H16ClN3. The van der Waals surface area contributed by atoms with E-state index in [0.29, 0.717) is 0 Å². The summed E-state index contributed by atoms with van der Waals surface area (Å²) < 4.78 is 2.24. The number of hydrogen-bond acceptors (Lipinski definition) is 2.